The molecule has 2 N–H and O–H groups in total. The van der Waals surface area contributed by atoms with Crippen LogP contribution in [0.2, 0.25) is 0 Å². The molecule has 0 amide bonds. The number of aliphatic hydroxyl groups is 2. The first-order chi connectivity index (χ1) is 11.1. The van der Waals surface area contributed by atoms with E-state index in [4.69, 9.17) is 19.3 Å². The van der Waals surface area contributed by atoms with Crippen LogP contribution in [0, 0.1) is 0 Å². The van der Waals surface area contributed by atoms with Gasteiger partial charge in [0.05, 0.1) is 25.1 Å². The van der Waals surface area contributed by atoms with E-state index in [0.717, 1.165) is 0 Å². The molecule has 130 valence electrons. The molecule has 23 heavy (non-hydrogen) atoms. The van der Waals surface area contributed by atoms with Crippen LogP contribution in [0.4, 0.5) is 0 Å². The number of esters is 1. The summed E-state index contributed by atoms with van der Waals surface area (Å²) in [6, 6.07) is 6.92. The van der Waals surface area contributed by atoms with Crippen molar-refractivity contribution in [1.82, 2.24) is 0 Å². The molecule has 0 aromatic heterocycles. The Morgan fingerprint density at radius 1 is 1.26 bits per heavy atom. The second-order valence-corrected chi connectivity index (χ2v) is 5.06. The number of carbonyl (C=O) groups excluding carboxylic acids is 1. The van der Waals surface area contributed by atoms with Gasteiger partial charge in [0.1, 0.15) is 18.5 Å². The van der Waals surface area contributed by atoms with Crippen LogP contribution in [0.15, 0.2) is 24.3 Å². The van der Waals surface area contributed by atoms with Gasteiger partial charge in [-0.15, -0.1) is 0 Å². The number of ether oxygens (including phenoxy) is 3. The standard InChI is InChI=1S/C16H24O6S/c1-2-20-14(7-9-22-15(18)11-23)16(19)12-3-5-13(6-4-12)21-10-8-17/h3-6,14,16-17,19,23H,2,7-11H2,1H3/t14-,16-/m0/s1. The number of hydrogen-bond acceptors (Lipinski definition) is 7. The summed E-state index contributed by atoms with van der Waals surface area (Å²) in [5.74, 6) is 0.242. The lowest BCUT2D eigenvalue weighted by Crippen LogP contribution is -2.25. The lowest BCUT2D eigenvalue weighted by molar-refractivity contribution is -0.142. The molecule has 0 aliphatic heterocycles. The first-order valence-corrected chi connectivity index (χ1v) is 8.15. The van der Waals surface area contributed by atoms with Gasteiger partial charge in [-0.1, -0.05) is 12.1 Å². The smallest absolute Gasteiger partial charge is 0.315 e. The molecule has 0 saturated heterocycles. The summed E-state index contributed by atoms with van der Waals surface area (Å²) in [7, 11) is 0. The zero-order valence-corrected chi connectivity index (χ0v) is 14.1. The van der Waals surface area contributed by atoms with Crippen LogP contribution in [0.1, 0.15) is 25.0 Å². The normalized spacial score (nSPS) is 13.4. The highest BCUT2D eigenvalue weighted by Gasteiger charge is 2.21. The molecule has 0 aliphatic carbocycles. The first kappa shape index (κ1) is 19.8. The predicted octanol–water partition coefficient (Wildman–Crippen LogP) is 1.36. The van der Waals surface area contributed by atoms with E-state index in [1.165, 1.54) is 0 Å². The summed E-state index contributed by atoms with van der Waals surface area (Å²) < 4.78 is 15.8. The molecule has 1 aromatic carbocycles. The molecular weight excluding hydrogens is 320 g/mol. The molecule has 0 aliphatic rings. The van der Waals surface area contributed by atoms with Gasteiger partial charge >= 0.3 is 5.97 Å². The Morgan fingerprint density at radius 2 is 1.96 bits per heavy atom. The molecule has 0 bridgehead atoms. The third-order valence-electron chi connectivity index (χ3n) is 3.11. The maximum atomic E-state index is 11.1. The number of rotatable bonds is 11. The zero-order valence-electron chi connectivity index (χ0n) is 13.2. The van der Waals surface area contributed by atoms with E-state index in [0.29, 0.717) is 24.3 Å². The molecule has 0 heterocycles. The lowest BCUT2D eigenvalue weighted by atomic mass is 10.0. The van der Waals surface area contributed by atoms with Crippen LogP contribution in [0.25, 0.3) is 0 Å². The molecule has 0 unspecified atom stereocenters. The van der Waals surface area contributed by atoms with Crippen molar-refractivity contribution in [3.05, 3.63) is 29.8 Å². The summed E-state index contributed by atoms with van der Waals surface area (Å²) in [6.07, 6.45) is -0.925. The van der Waals surface area contributed by atoms with Gasteiger partial charge in [-0.3, -0.25) is 4.79 Å². The van der Waals surface area contributed by atoms with Gasteiger partial charge in [0.15, 0.2) is 0 Å². The van der Waals surface area contributed by atoms with Crippen LogP contribution in [-0.4, -0.2) is 54.5 Å². The van der Waals surface area contributed by atoms with Crippen molar-refractivity contribution in [2.75, 3.05) is 32.2 Å². The van der Waals surface area contributed by atoms with Gasteiger partial charge in [0.2, 0.25) is 0 Å². The Labute approximate surface area is 141 Å². The molecule has 1 aromatic rings. The Kier molecular flexibility index (Phi) is 9.70. The van der Waals surface area contributed by atoms with E-state index in [-0.39, 0.29) is 25.6 Å². The average molecular weight is 344 g/mol. The molecule has 1 rings (SSSR count). The van der Waals surface area contributed by atoms with E-state index in [2.05, 4.69) is 12.6 Å². The number of hydrogen-bond donors (Lipinski definition) is 3. The number of aliphatic hydroxyl groups excluding tert-OH is 2. The van der Waals surface area contributed by atoms with Crippen LogP contribution < -0.4 is 4.74 Å². The van der Waals surface area contributed by atoms with Gasteiger partial charge in [-0.2, -0.15) is 12.6 Å². The van der Waals surface area contributed by atoms with Crippen molar-refractivity contribution in [3.8, 4) is 5.75 Å². The van der Waals surface area contributed by atoms with Crippen LogP contribution in [0.3, 0.4) is 0 Å². The Balaban J connectivity index is 2.61. The Morgan fingerprint density at radius 3 is 2.52 bits per heavy atom. The second-order valence-electron chi connectivity index (χ2n) is 4.75. The highest BCUT2D eigenvalue weighted by Crippen LogP contribution is 2.24. The highest BCUT2D eigenvalue weighted by molar-refractivity contribution is 7.81. The minimum atomic E-state index is -0.837. The molecule has 2 atom stereocenters. The van der Waals surface area contributed by atoms with Gasteiger partial charge in [0.25, 0.3) is 0 Å². The van der Waals surface area contributed by atoms with Crippen LogP contribution >= 0.6 is 12.6 Å². The molecule has 0 fully saturated rings. The quantitative estimate of drug-likeness (QED) is 0.415. The largest absolute Gasteiger partial charge is 0.491 e. The van der Waals surface area contributed by atoms with Gasteiger partial charge in [-0.25, -0.2) is 0 Å². The fourth-order valence-corrected chi connectivity index (χ4v) is 2.11. The topological polar surface area (TPSA) is 85.2 Å². The fraction of sp³-hybridized carbons (Fsp3) is 0.562. The summed E-state index contributed by atoms with van der Waals surface area (Å²) in [6.45, 7) is 2.62. The van der Waals surface area contributed by atoms with E-state index in [1.807, 2.05) is 6.92 Å². The number of carbonyl (C=O) groups is 1. The zero-order chi connectivity index (χ0) is 17.1. The van der Waals surface area contributed by atoms with E-state index >= 15 is 0 Å². The Bertz CT molecular complexity index is 450. The maximum absolute atomic E-state index is 11.1. The first-order valence-electron chi connectivity index (χ1n) is 7.52. The summed E-state index contributed by atoms with van der Waals surface area (Å²) in [5, 5.41) is 19.2. The molecule has 0 radical (unpaired) electrons. The molecular formula is C16H24O6S. The molecule has 7 heteroatoms. The maximum Gasteiger partial charge on any atom is 0.315 e. The van der Waals surface area contributed by atoms with Crippen LogP contribution in [0.5, 0.6) is 5.75 Å². The van der Waals surface area contributed by atoms with Crippen molar-refractivity contribution in [2.45, 2.75) is 25.6 Å². The van der Waals surface area contributed by atoms with Crippen LogP contribution in [-0.2, 0) is 14.3 Å². The monoisotopic (exact) mass is 344 g/mol. The van der Waals surface area contributed by atoms with E-state index < -0.39 is 18.2 Å². The average Bonchev–Trinajstić information content (AvgIpc) is 2.58. The lowest BCUT2D eigenvalue weighted by Gasteiger charge is -2.23. The molecule has 6 nitrogen and oxygen atoms in total. The third kappa shape index (κ3) is 7.22. The number of thiol groups is 1. The van der Waals surface area contributed by atoms with Crippen molar-refractivity contribution < 1.29 is 29.2 Å². The van der Waals surface area contributed by atoms with Gasteiger partial charge < -0.3 is 24.4 Å². The van der Waals surface area contributed by atoms with Crippen molar-refractivity contribution in [2.24, 2.45) is 0 Å². The molecule has 0 spiro atoms. The van der Waals surface area contributed by atoms with E-state index in [1.54, 1.807) is 24.3 Å². The second kappa shape index (κ2) is 11.3. The van der Waals surface area contributed by atoms with Crippen molar-refractivity contribution >= 4 is 18.6 Å². The summed E-state index contributed by atoms with van der Waals surface area (Å²) in [4.78, 5) is 11.1. The minimum absolute atomic E-state index is 0.0250. The van der Waals surface area contributed by atoms with E-state index in [9.17, 15) is 9.90 Å². The SMILES string of the molecule is CCO[C@@H](CCOC(=O)CS)[C@@H](O)c1ccc(OCCO)cc1. The Hall–Kier alpha value is -1.28. The minimum Gasteiger partial charge on any atom is -0.491 e. The number of benzene rings is 1. The summed E-state index contributed by atoms with van der Waals surface area (Å²) in [5.41, 5.74) is 0.681. The van der Waals surface area contributed by atoms with Gasteiger partial charge in [0, 0.05) is 13.0 Å². The fourth-order valence-electron chi connectivity index (χ4n) is 2.02. The van der Waals surface area contributed by atoms with Crippen molar-refractivity contribution in [3.63, 3.8) is 0 Å². The third-order valence-corrected chi connectivity index (χ3v) is 3.37. The van der Waals surface area contributed by atoms with Crippen molar-refractivity contribution in [1.29, 1.82) is 0 Å². The van der Waals surface area contributed by atoms with Gasteiger partial charge in [-0.05, 0) is 24.6 Å². The molecule has 0 saturated carbocycles. The highest BCUT2D eigenvalue weighted by atomic mass is 32.1. The predicted molar refractivity (Wildman–Crippen MR) is 88.8 cm³/mol. The summed E-state index contributed by atoms with van der Waals surface area (Å²) >= 11 is 3.83.